The number of halogens is 1. The van der Waals surface area contributed by atoms with E-state index in [1.165, 1.54) is 11.0 Å². The van der Waals surface area contributed by atoms with Gasteiger partial charge in [0.25, 0.3) is 5.91 Å². The molecule has 1 heterocycles. The van der Waals surface area contributed by atoms with Crippen molar-refractivity contribution in [3.05, 3.63) is 70.2 Å². The van der Waals surface area contributed by atoms with Crippen LogP contribution in [0.5, 0.6) is 0 Å². The van der Waals surface area contributed by atoms with E-state index in [0.717, 1.165) is 10.0 Å². The first-order valence-electron chi connectivity index (χ1n) is 7.48. The molecule has 0 saturated carbocycles. The number of carbonyl (C=O) groups is 2. The summed E-state index contributed by atoms with van der Waals surface area (Å²) in [7, 11) is 1.59. The number of rotatable bonds is 4. The largest absolute Gasteiger partial charge is 0.375 e. The molecule has 4 nitrogen and oxygen atoms in total. The molecule has 0 spiro atoms. The Labute approximate surface area is 148 Å². The van der Waals surface area contributed by atoms with Gasteiger partial charge in [0.1, 0.15) is 0 Å². The van der Waals surface area contributed by atoms with Crippen LogP contribution in [0.15, 0.2) is 59.1 Å². The molecule has 0 saturated heterocycles. The van der Waals surface area contributed by atoms with E-state index in [1.54, 1.807) is 31.3 Å². The van der Waals surface area contributed by atoms with E-state index < -0.39 is 11.5 Å². The Hall–Kier alpha value is -2.24. The Kier molecular flexibility index (Phi) is 4.39. The van der Waals surface area contributed by atoms with E-state index in [9.17, 15) is 14.7 Å². The van der Waals surface area contributed by atoms with Crippen molar-refractivity contribution in [2.45, 2.75) is 12.0 Å². The van der Waals surface area contributed by atoms with E-state index in [4.69, 9.17) is 0 Å². The number of aliphatic hydroxyl groups is 1. The average Bonchev–Trinajstić information content (AvgIpc) is 2.75. The van der Waals surface area contributed by atoms with Crippen molar-refractivity contribution in [3.63, 3.8) is 0 Å². The van der Waals surface area contributed by atoms with Crippen molar-refractivity contribution in [2.24, 2.45) is 0 Å². The molecule has 1 aliphatic rings. The summed E-state index contributed by atoms with van der Waals surface area (Å²) in [4.78, 5) is 26.2. The van der Waals surface area contributed by atoms with Crippen LogP contribution in [0.25, 0.3) is 6.08 Å². The molecule has 2 aromatic rings. The maximum absolute atomic E-state index is 12.5. The third kappa shape index (κ3) is 2.92. The molecule has 0 bridgehead atoms. The van der Waals surface area contributed by atoms with Gasteiger partial charge in [-0.05, 0) is 29.8 Å². The van der Waals surface area contributed by atoms with Crippen LogP contribution in [0.3, 0.4) is 0 Å². The topological polar surface area (TPSA) is 57.6 Å². The number of fused-ring (bicyclic) bond motifs is 1. The van der Waals surface area contributed by atoms with E-state index in [2.05, 4.69) is 15.9 Å². The highest BCUT2D eigenvalue weighted by atomic mass is 79.9. The quantitative estimate of drug-likeness (QED) is 0.821. The van der Waals surface area contributed by atoms with E-state index in [0.29, 0.717) is 11.3 Å². The fourth-order valence-electron chi connectivity index (χ4n) is 2.87. The van der Waals surface area contributed by atoms with Crippen molar-refractivity contribution in [3.8, 4) is 0 Å². The first-order valence-corrected chi connectivity index (χ1v) is 8.27. The summed E-state index contributed by atoms with van der Waals surface area (Å²) in [6, 6.07) is 14.6. The van der Waals surface area contributed by atoms with Crippen molar-refractivity contribution >= 4 is 39.4 Å². The van der Waals surface area contributed by atoms with Crippen LogP contribution in [0.1, 0.15) is 17.5 Å². The van der Waals surface area contributed by atoms with E-state index in [-0.39, 0.29) is 12.2 Å². The lowest BCUT2D eigenvalue weighted by molar-refractivity contribution is -0.140. The molecular weight excluding hydrogens is 370 g/mol. The second-order valence-electron chi connectivity index (χ2n) is 5.77. The molecule has 0 aliphatic carbocycles. The molecule has 3 rings (SSSR count). The molecule has 1 N–H and O–H groups in total. The average molecular weight is 386 g/mol. The van der Waals surface area contributed by atoms with E-state index >= 15 is 0 Å². The molecule has 1 unspecified atom stereocenters. The molecule has 1 atom stereocenters. The second-order valence-corrected chi connectivity index (χ2v) is 6.69. The van der Waals surface area contributed by atoms with Crippen LogP contribution in [-0.4, -0.2) is 23.8 Å². The number of hydrogen-bond donors (Lipinski definition) is 1. The second kappa shape index (κ2) is 6.34. The summed E-state index contributed by atoms with van der Waals surface area (Å²) in [6.45, 7) is 0. The van der Waals surface area contributed by atoms with Gasteiger partial charge in [-0.25, -0.2) is 0 Å². The smallest absolute Gasteiger partial charge is 0.263 e. The lowest BCUT2D eigenvalue weighted by atomic mass is 9.89. The van der Waals surface area contributed by atoms with E-state index in [1.807, 2.05) is 30.3 Å². The van der Waals surface area contributed by atoms with Gasteiger partial charge in [-0.2, -0.15) is 0 Å². The van der Waals surface area contributed by atoms with Gasteiger partial charge in [-0.15, -0.1) is 0 Å². The highest BCUT2D eigenvalue weighted by molar-refractivity contribution is 9.10. The molecule has 1 aliphatic heterocycles. The predicted molar refractivity (Wildman–Crippen MR) is 96.5 cm³/mol. The summed E-state index contributed by atoms with van der Waals surface area (Å²) in [5.74, 6) is -0.798. The molecule has 0 aromatic heterocycles. The van der Waals surface area contributed by atoms with Gasteiger partial charge in [0.15, 0.2) is 11.4 Å². The number of anilines is 1. The minimum absolute atomic E-state index is 0.289. The number of nitrogens with zero attached hydrogens (tertiary/aromatic N) is 1. The maximum Gasteiger partial charge on any atom is 0.263 e. The van der Waals surface area contributed by atoms with Crippen LogP contribution in [0.4, 0.5) is 5.69 Å². The summed E-state index contributed by atoms with van der Waals surface area (Å²) >= 11 is 3.34. The van der Waals surface area contributed by atoms with Crippen molar-refractivity contribution in [1.29, 1.82) is 0 Å². The molecule has 0 fully saturated rings. The summed E-state index contributed by atoms with van der Waals surface area (Å²) in [6.07, 6.45) is 2.79. The van der Waals surface area contributed by atoms with Crippen LogP contribution in [0, 0.1) is 0 Å². The SMILES string of the molecule is CN1C(=O)C(O)(CC(=O)/C=C/c2ccccc2)c2cc(Br)ccc21. The highest BCUT2D eigenvalue weighted by Crippen LogP contribution is 2.42. The zero-order valence-electron chi connectivity index (χ0n) is 13.1. The van der Waals surface area contributed by atoms with Gasteiger partial charge in [-0.3, -0.25) is 9.59 Å². The van der Waals surface area contributed by atoms with Crippen LogP contribution >= 0.6 is 15.9 Å². The highest BCUT2D eigenvalue weighted by Gasteiger charge is 2.49. The van der Waals surface area contributed by atoms with Crippen LogP contribution in [0.2, 0.25) is 0 Å². The first-order chi connectivity index (χ1) is 11.4. The Morgan fingerprint density at radius 3 is 2.67 bits per heavy atom. The molecule has 122 valence electrons. The monoisotopic (exact) mass is 385 g/mol. The number of hydrogen-bond acceptors (Lipinski definition) is 3. The third-order valence-electron chi connectivity index (χ3n) is 4.12. The van der Waals surface area contributed by atoms with Gasteiger partial charge in [-0.1, -0.05) is 52.3 Å². The van der Waals surface area contributed by atoms with Gasteiger partial charge in [0.05, 0.1) is 12.1 Å². The first kappa shape index (κ1) is 16.6. The maximum atomic E-state index is 12.5. The fourth-order valence-corrected chi connectivity index (χ4v) is 3.23. The molecule has 0 radical (unpaired) electrons. The van der Waals surface area contributed by atoms with Crippen molar-refractivity contribution in [2.75, 3.05) is 11.9 Å². The minimum atomic E-state index is -1.83. The Morgan fingerprint density at radius 1 is 1.25 bits per heavy atom. The number of likely N-dealkylation sites (N-methyl/N-ethyl adjacent to an activating group) is 1. The number of amides is 1. The van der Waals surface area contributed by atoms with Crippen LogP contribution in [-0.2, 0) is 15.2 Å². The zero-order valence-corrected chi connectivity index (χ0v) is 14.7. The molecular formula is C19H16BrNO3. The van der Waals surface area contributed by atoms with Crippen molar-refractivity contribution < 1.29 is 14.7 Å². The lowest BCUT2D eigenvalue weighted by Gasteiger charge is -2.20. The fraction of sp³-hybridized carbons (Fsp3) is 0.158. The van der Waals surface area contributed by atoms with Crippen LogP contribution < -0.4 is 4.90 Å². The standard InChI is InChI=1S/C19H16BrNO3/c1-21-17-10-8-14(20)11-16(17)19(24,18(21)23)12-15(22)9-7-13-5-3-2-4-6-13/h2-11,24H,12H2,1H3/b9-7+. The predicted octanol–water partition coefficient (Wildman–Crippen LogP) is 3.29. The Bertz CT molecular complexity index is 832. The molecule has 1 amide bonds. The zero-order chi connectivity index (χ0) is 17.3. The lowest BCUT2D eigenvalue weighted by Crippen LogP contribution is -2.40. The number of carbonyl (C=O) groups excluding carboxylic acids is 2. The number of ketones is 1. The van der Waals surface area contributed by atoms with Gasteiger partial charge in [0, 0.05) is 17.1 Å². The van der Waals surface area contributed by atoms with Gasteiger partial charge in [0.2, 0.25) is 0 Å². The summed E-state index contributed by atoms with van der Waals surface area (Å²) in [5.41, 5.74) is 0.124. The summed E-state index contributed by atoms with van der Waals surface area (Å²) < 4.78 is 0.745. The molecule has 5 heteroatoms. The van der Waals surface area contributed by atoms with Crippen molar-refractivity contribution in [1.82, 2.24) is 0 Å². The normalized spacial score (nSPS) is 19.8. The molecule has 24 heavy (non-hydrogen) atoms. The van der Waals surface area contributed by atoms with Gasteiger partial charge < -0.3 is 10.0 Å². The number of benzene rings is 2. The minimum Gasteiger partial charge on any atom is -0.375 e. The third-order valence-corrected chi connectivity index (χ3v) is 4.61. The number of allylic oxidation sites excluding steroid dienone is 1. The summed E-state index contributed by atoms with van der Waals surface area (Å²) in [5, 5.41) is 10.9. The molecule has 2 aromatic carbocycles. The Balaban J connectivity index is 1.86. The Morgan fingerprint density at radius 2 is 1.96 bits per heavy atom. The van der Waals surface area contributed by atoms with Gasteiger partial charge >= 0.3 is 0 Å².